The Morgan fingerprint density at radius 3 is 2.24 bits per heavy atom. The van der Waals surface area contributed by atoms with E-state index in [1.165, 1.54) is 24.9 Å². The van der Waals surface area contributed by atoms with Crippen LogP contribution in [0.2, 0.25) is 0 Å². The molecule has 1 atom stereocenters. The Hall–Kier alpha value is -3.59. The summed E-state index contributed by atoms with van der Waals surface area (Å²) in [6.07, 6.45) is 0.175. The van der Waals surface area contributed by atoms with E-state index in [0.717, 1.165) is 20.9 Å². The molecular weight excluding hydrogens is 504 g/mol. The lowest BCUT2D eigenvalue weighted by Gasteiger charge is -2.21. The van der Waals surface area contributed by atoms with Crippen LogP contribution >= 0.6 is 11.8 Å². The van der Waals surface area contributed by atoms with Crippen molar-refractivity contribution in [2.24, 2.45) is 0 Å². The van der Waals surface area contributed by atoms with E-state index < -0.39 is 22.0 Å². The lowest BCUT2D eigenvalue weighted by Crippen LogP contribution is -2.45. The van der Waals surface area contributed by atoms with Gasteiger partial charge in [-0.3, -0.25) is 4.79 Å². The maximum Gasteiger partial charge on any atom is 0.245 e. The Morgan fingerprint density at radius 2 is 1.54 bits per heavy atom. The summed E-state index contributed by atoms with van der Waals surface area (Å²) in [5, 5.41) is 2.95. The predicted molar refractivity (Wildman–Crippen MR) is 148 cm³/mol. The molecule has 0 aromatic heterocycles. The topological polar surface area (TPSA) is 84.5 Å². The van der Waals surface area contributed by atoms with Gasteiger partial charge in [0.25, 0.3) is 0 Å². The van der Waals surface area contributed by atoms with Gasteiger partial charge in [-0.1, -0.05) is 78.5 Å². The number of anilines is 1. The number of carbonyl (C=O) groups excluding carboxylic acids is 1. The molecule has 0 aliphatic rings. The minimum Gasteiger partial charge on any atom is -0.495 e. The van der Waals surface area contributed by atoms with Crippen LogP contribution in [0.3, 0.4) is 0 Å². The smallest absolute Gasteiger partial charge is 0.245 e. The lowest BCUT2D eigenvalue weighted by molar-refractivity contribution is -0.117. The first-order valence-corrected chi connectivity index (χ1v) is 14.0. The van der Waals surface area contributed by atoms with Gasteiger partial charge >= 0.3 is 0 Å². The lowest BCUT2D eigenvalue weighted by atomic mass is 10.1. The first-order valence-electron chi connectivity index (χ1n) is 11.7. The van der Waals surface area contributed by atoms with Gasteiger partial charge < -0.3 is 10.1 Å². The summed E-state index contributed by atoms with van der Waals surface area (Å²) in [7, 11) is -2.67. The molecule has 0 heterocycles. The molecule has 4 rings (SSSR count). The zero-order valence-corrected chi connectivity index (χ0v) is 22.2. The van der Waals surface area contributed by atoms with Gasteiger partial charge in [0.1, 0.15) is 16.7 Å². The van der Waals surface area contributed by atoms with Gasteiger partial charge in [-0.25, -0.2) is 8.42 Å². The highest BCUT2D eigenvalue weighted by Crippen LogP contribution is 2.33. The van der Waals surface area contributed by atoms with Gasteiger partial charge in [0, 0.05) is 9.79 Å². The number of para-hydroxylation sites is 1. The number of nitrogens with one attached hydrogen (secondary N) is 2. The number of hydrogen-bond donors (Lipinski definition) is 2. The fourth-order valence-corrected chi connectivity index (χ4v) is 6.15. The number of sulfonamides is 1. The summed E-state index contributed by atoms with van der Waals surface area (Å²) in [6, 6.07) is 30.4. The monoisotopic (exact) mass is 532 g/mol. The van der Waals surface area contributed by atoms with Gasteiger partial charge in [-0.2, -0.15) is 4.72 Å². The molecule has 2 N–H and O–H groups in total. The van der Waals surface area contributed by atoms with Gasteiger partial charge in [0.2, 0.25) is 15.9 Å². The van der Waals surface area contributed by atoms with Crippen LogP contribution < -0.4 is 14.8 Å². The Morgan fingerprint density at radius 1 is 0.892 bits per heavy atom. The van der Waals surface area contributed by atoms with Crippen molar-refractivity contribution < 1.29 is 17.9 Å². The second-order valence-corrected chi connectivity index (χ2v) is 11.2. The molecule has 0 fully saturated rings. The van der Waals surface area contributed by atoms with Crippen LogP contribution in [-0.2, 0) is 21.2 Å². The SMILES string of the molecule is COc1ccc(C)cc1S(=O)(=O)NC(Cc1ccccc1)C(=O)Nc1ccccc1Sc1ccccc1. The van der Waals surface area contributed by atoms with Crippen LogP contribution in [0, 0.1) is 6.92 Å². The second kappa shape index (κ2) is 12.1. The molecule has 190 valence electrons. The van der Waals surface area contributed by atoms with Gasteiger partial charge in [-0.05, 0) is 60.9 Å². The number of hydrogen-bond acceptors (Lipinski definition) is 5. The van der Waals surface area contributed by atoms with Crippen LogP contribution in [0.1, 0.15) is 11.1 Å². The molecule has 1 amide bonds. The summed E-state index contributed by atoms with van der Waals surface area (Å²) < 4.78 is 34.8. The Bertz CT molecular complexity index is 1460. The Balaban J connectivity index is 1.63. The van der Waals surface area contributed by atoms with E-state index in [0.29, 0.717) is 5.69 Å². The average Bonchev–Trinajstić information content (AvgIpc) is 2.90. The van der Waals surface area contributed by atoms with Crippen molar-refractivity contribution in [2.75, 3.05) is 12.4 Å². The Labute approximate surface area is 222 Å². The first kappa shape index (κ1) is 26.5. The number of ether oxygens (including phenoxy) is 1. The Kier molecular flexibility index (Phi) is 8.66. The molecule has 0 aliphatic carbocycles. The van der Waals surface area contributed by atoms with Crippen molar-refractivity contribution in [3.63, 3.8) is 0 Å². The zero-order valence-electron chi connectivity index (χ0n) is 20.5. The van der Waals surface area contributed by atoms with E-state index in [1.54, 1.807) is 25.1 Å². The quantitative estimate of drug-likeness (QED) is 0.274. The molecule has 0 aliphatic heterocycles. The highest BCUT2D eigenvalue weighted by atomic mass is 32.2. The molecule has 8 heteroatoms. The largest absolute Gasteiger partial charge is 0.495 e. The molecule has 4 aromatic carbocycles. The highest BCUT2D eigenvalue weighted by molar-refractivity contribution is 7.99. The number of carbonyl (C=O) groups is 1. The van der Waals surface area contributed by atoms with Crippen molar-refractivity contribution in [3.05, 3.63) is 114 Å². The van der Waals surface area contributed by atoms with E-state index >= 15 is 0 Å². The van der Waals surface area contributed by atoms with Crippen molar-refractivity contribution in [1.82, 2.24) is 4.72 Å². The van der Waals surface area contributed by atoms with Gasteiger partial charge in [-0.15, -0.1) is 0 Å². The van der Waals surface area contributed by atoms with E-state index in [1.807, 2.05) is 78.9 Å². The predicted octanol–water partition coefficient (Wildman–Crippen LogP) is 5.68. The van der Waals surface area contributed by atoms with E-state index in [-0.39, 0.29) is 17.1 Å². The average molecular weight is 533 g/mol. The molecule has 0 spiro atoms. The number of aryl methyl sites for hydroxylation is 1. The van der Waals surface area contributed by atoms with Crippen molar-refractivity contribution >= 4 is 33.4 Å². The number of methoxy groups -OCH3 is 1. The third-order valence-corrected chi connectivity index (χ3v) is 8.20. The molecular formula is C29H28N2O4S2. The standard InChI is InChI=1S/C29H28N2O4S2/c1-21-17-18-26(35-2)28(19-21)37(33,34)31-25(20-22-11-5-3-6-12-22)29(32)30-24-15-9-10-16-27(24)36-23-13-7-4-8-14-23/h3-19,25,31H,20H2,1-2H3,(H,30,32). The molecule has 0 bridgehead atoms. The third kappa shape index (κ3) is 7.01. The molecule has 37 heavy (non-hydrogen) atoms. The summed E-state index contributed by atoms with van der Waals surface area (Å²) in [6.45, 7) is 1.80. The van der Waals surface area contributed by atoms with Gasteiger partial charge in [0.05, 0.1) is 12.8 Å². The van der Waals surface area contributed by atoms with Crippen LogP contribution in [0.5, 0.6) is 5.75 Å². The van der Waals surface area contributed by atoms with E-state index in [2.05, 4.69) is 10.0 Å². The second-order valence-electron chi connectivity index (χ2n) is 8.42. The van der Waals surface area contributed by atoms with Gasteiger partial charge in [0.15, 0.2) is 0 Å². The molecule has 1 unspecified atom stereocenters. The summed E-state index contributed by atoms with van der Waals surface area (Å²) in [5.74, 6) is -0.248. The summed E-state index contributed by atoms with van der Waals surface area (Å²) >= 11 is 1.52. The summed E-state index contributed by atoms with van der Waals surface area (Å²) in [4.78, 5) is 15.4. The zero-order chi connectivity index (χ0) is 26.3. The number of amides is 1. The molecule has 0 saturated carbocycles. The minimum absolute atomic E-state index is 0.0131. The highest BCUT2D eigenvalue weighted by Gasteiger charge is 2.29. The first-order chi connectivity index (χ1) is 17.9. The van der Waals surface area contributed by atoms with E-state index in [9.17, 15) is 13.2 Å². The van der Waals surface area contributed by atoms with Crippen LogP contribution in [0.4, 0.5) is 5.69 Å². The molecule has 0 radical (unpaired) electrons. The fourth-order valence-electron chi connectivity index (χ4n) is 3.78. The molecule has 6 nitrogen and oxygen atoms in total. The van der Waals surface area contributed by atoms with Crippen molar-refractivity contribution in [3.8, 4) is 5.75 Å². The number of rotatable bonds is 10. The molecule has 4 aromatic rings. The maximum absolute atomic E-state index is 13.6. The minimum atomic E-state index is -4.08. The third-order valence-electron chi connectivity index (χ3n) is 5.62. The maximum atomic E-state index is 13.6. The van der Waals surface area contributed by atoms with E-state index in [4.69, 9.17) is 4.74 Å². The van der Waals surface area contributed by atoms with Crippen molar-refractivity contribution in [1.29, 1.82) is 0 Å². The molecule has 0 saturated heterocycles. The normalized spacial score (nSPS) is 12.1. The van der Waals surface area contributed by atoms with Crippen molar-refractivity contribution in [2.45, 2.75) is 34.1 Å². The van der Waals surface area contributed by atoms with Crippen LogP contribution in [0.25, 0.3) is 0 Å². The van der Waals surface area contributed by atoms with Crippen LogP contribution in [-0.4, -0.2) is 27.5 Å². The summed E-state index contributed by atoms with van der Waals surface area (Å²) in [5.41, 5.74) is 2.19. The fraction of sp³-hybridized carbons (Fsp3) is 0.138. The number of benzene rings is 4. The van der Waals surface area contributed by atoms with Crippen LogP contribution in [0.15, 0.2) is 118 Å².